The van der Waals surface area contributed by atoms with Gasteiger partial charge in [-0.1, -0.05) is 31.5 Å². The zero-order chi connectivity index (χ0) is 19.7. The van der Waals surface area contributed by atoms with Crippen LogP contribution in [0.25, 0.3) is 0 Å². The number of carbonyl (C=O) groups is 2. The van der Waals surface area contributed by atoms with Crippen LogP contribution in [0, 0.1) is 5.92 Å². The van der Waals surface area contributed by atoms with Gasteiger partial charge in [-0.15, -0.1) is 0 Å². The molecule has 0 aliphatic carbocycles. The summed E-state index contributed by atoms with van der Waals surface area (Å²) in [6.07, 6.45) is 3.91. The van der Waals surface area contributed by atoms with Crippen molar-refractivity contribution in [3.8, 4) is 0 Å². The van der Waals surface area contributed by atoms with Crippen LogP contribution in [0.5, 0.6) is 0 Å². The largest absolute Gasteiger partial charge is 0.336 e. The lowest BCUT2D eigenvalue weighted by atomic mass is 9.94. The van der Waals surface area contributed by atoms with Gasteiger partial charge < -0.3 is 9.80 Å². The molecule has 0 saturated carbocycles. The number of piperidine rings is 1. The minimum absolute atomic E-state index is 0.0427. The maximum atomic E-state index is 13.3. The van der Waals surface area contributed by atoms with Gasteiger partial charge in [-0.05, 0) is 43.4 Å². The van der Waals surface area contributed by atoms with Crippen LogP contribution in [0.4, 0.5) is 0 Å². The fourth-order valence-corrected chi connectivity index (χ4v) is 4.51. The van der Waals surface area contributed by atoms with Gasteiger partial charge in [-0.3, -0.25) is 14.3 Å². The van der Waals surface area contributed by atoms with Crippen LogP contribution >= 0.6 is 0 Å². The van der Waals surface area contributed by atoms with Gasteiger partial charge in [0.25, 0.3) is 11.8 Å². The van der Waals surface area contributed by atoms with E-state index in [0.29, 0.717) is 18.2 Å². The first-order valence-corrected chi connectivity index (χ1v) is 10.2. The van der Waals surface area contributed by atoms with Crippen LogP contribution in [0.15, 0.2) is 36.4 Å². The standard InChI is InChI=1S/C22H28N4O2/c1-3-7-18-12-20(24(2)23-18)22(28)26-14-16-10-11-19(26)15-25(13-16)21(27)17-8-5-4-6-9-17/h4-6,8-9,12,16,19H,3,7,10-11,13-15H2,1-2H3/t16-,19+/m0/s1. The second kappa shape index (κ2) is 7.78. The first-order valence-electron chi connectivity index (χ1n) is 10.2. The second-order valence-electron chi connectivity index (χ2n) is 8.03. The van der Waals surface area contributed by atoms with Crippen molar-refractivity contribution in [2.24, 2.45) is 13.0 Å². The van der Waals surface area contributed by atoms with E-state index in [0.717, 1.165) is 50.0 Å². The molecule has 3 fully saturated rings. The van der Waals surface area contributed by atoms with Crippen LogP contribution in [-0.2, 0) is 13.5 Å². The molecule has 2 aromatic rings. The van der Waals surface area contributed by atoms with Gasteiger partial charge in [-0.2, -0.15) is 5.10 Å². The normalized spacial score (nSPS) is 21.6. The first-order chi connectivity index (χ1) is 13.6. The monoisotopic (exact) mass is 380 g/mol. The van der Waals surface area contributed by atoms with E-state index in [9.17, 15) is 9.59 Å². The molecule has 0 unspecified atom stereocenters. The Morgan fingerprint density at radius 2 is 1.86 bits per heavy atom. The maximum Gasteiger partial charge on any atom is 0.272 e. The summed E-state index contributed by atoms with van der Waals surface area (Å²) in [6, 6.07) is 11.4. The van der Waals surface area contributed by atoms with Crippen molar-refractivity contribution in [1.82, 2.24) is 19.6 Å². The van der Waals surface area contributed by atoms with Gasteiger partial charge in [0, 0.05) is 38.3 Å². The summed E-state index contributed by atoms with van der Waals surface area (Å²) in [6.45, 7) is 4.16. The number of carbonyl (C=O) groups excluding carboxylic acids is 2. The summed E-state index contributed by atoms with van der Waals surface area (Å²) < 4.78 is 1.71. The molecule has 2 atom stereocenters. The molecular weight excluding hydrogens is 352 g/mol. The van der Waals surface area contributed by atoms with Crippen LogP contribution in [-0.4, -0.2) is 57.1 Å². The summed E-state index contributed by atoms with van der Waals surface area (Å²) in [5, 5.41) is 4.49. The third-order valence-corrected chi connectivity index (χ3v) is 5.94. The Morgan fingerprint density at radius 1 is 1.07 bits per heavy atom. The highest BCUT2D eigenvalue weighted by Crippen LogP contribution is 2.30. The van der Waals surface area contributed by atoms with Crippen molar-refractivity contribution in [1.29, 1.82) is 0 Å². The fourth-order valence-electron chi connectivity index (χ4n) is 4.51. The molecule has 3 aliphatic rings. The third-order valence-electron chi connectivity index (χ3n) is 5.94. The van der Waals surface area contributed by atoms with Gasteiger partial charge in [-0.25, -0.2) is 0 Å². The van der Waals surface area contributed by atoms with Gasteiger partial charge in [0.2, 0.25) is 0 Å². The molecule has 1 aromatic heterocycles. The third kappa shape index (κ3) is 3.55. The number of rotatable bonds is 4. The topological polar surface area (TPSA) is 58.4 Å². The van der Waals surface area contributed by atoms with Crippen LogP contribution in [0.3, 0.4) is 0 Å². The summed E-state index contributed by atoms with van der Waals surface area (Å²) in [7, 11) is 1.84. The number of aromatic nitrogens is 2. The zero-order valence-corrected chi connectivity index (χ0v) is 16.7. The summed E-state index contributed by atoms with van der Waals surface area (Å²) in [4.78, 5) is 30.2. The number of benzene rings is 1. The fraction of sp³-hybridized carbons (Fsp3) is 0.500. The summed E-state index contributed by atoms with van der Waals surface area (Å²) in [5.41, 5.74) is 2.34. The van der Waals surface area contributed by atoms with Crippen molar-refractivity contribution >= 4 is 11.8 Å². The molecular formula is C22H28N4O2. The molecule has 4 heterocycles. The molecule has 6 nitrogen and oxygen atoms in total. The van der Waals surface area contributed by atoms with Crippen LogP contribution < -0.4 is 0 Å². The maximum absolute atomic E-state index is 13.3. The van der Waals surface area contributed by atoms with Crippen molar-refractivity contribution in [3.05, 3.63) is 53.3 Å². The number of fused-ring (bicyclic) bond motifs is 4. The highest BCUT2D eigenvalue weighted by atomic mass is 16.2. The molecule has 2 bridgehead atoms. The summed E-state index contributed by atoms with van der Waals surface area (Å²) >= 11 is 0. The number of aryl methyl sites for hydroxylation is 2. The quantitative estimate of drug-likeness (QED) is 0.820. The van der Waals surface area contributed by atoms with E-state index < -0.39 is 0 Å². The summed E-state index contributed by atoms with van der Waals surface area (Å²) in [5.74, 6) is 0.442. The average Bonchev–Trinajstić information content (AvgIpc) is 2.88. The highest BCUT2D eigenvalue weighted by Gasteiger charge is 2.39. The van der Waals surface area contributed by atoms with E-state index in [2.05, 4.69) is 12.0 Å². The predicted molar refractivity (Wildman–Crippen MR) is 107 cm³/mol. The first kappa shape index (κ1) is 18.7. The lowest BCUT2D eigenvalue weighted by molar-refractivity contribution is 0.0564. The number of hydrogen-bond acceptors (Lipinski definition) is 3. The second-order valence-corrected chi connectivity index (χ2v) is 8.03. The SMILES string of the molecule is CCCc1cc(C(=O)N2C[C@H]3CC[C@@H]2CN(C(=O)c2ccccc2)C3)n(C)n1. The zero-order valence-electron chi connectivity index (χ0n) is 16.7. The number of nitrogens with zero attached hydrogens (tertiary/aromatic N) is 4. The molecule has 0 spiro atoms. The van der Waals surface area contributed by atoms with Crippen molar-refractivity contribution in [2.45, 2.75) is 38.6 Å². The Bertz CT molecular complexity index is 861. The van der Waals surface area contributed by atoms with Crippen molar-refractivity contribution in [2.75, 3.05) is 19.6 Å². The molecule has 28 heavy (non-hydrogen) atoms. The van der Waals surface area contributed by atoms with Crippen LogP contribution in [0.1, 0.15) is 52.7 Å². The van der Waals surface area contributed by atoms with Gasteiger partial charge in [0.1, 0.15) is 5.69 Å². The minimum atomic E-state index is 0.0427. The van der Waals surface area contributed by atoms with E-state index in [4.69, 9.17) is 0 Å². The van der Waals surface area contributed by atoms with E-state index in [1.807, 2.05) is 53.2 Å². The molecule has 1 aromatic carbocycles. The minimum Gasteiger partial charge on any atom is -0.336 e. The molecule has 2 amide bonds. The molecule has 5 rings (SSSR count). The smallest absolute Gasteiger partial charge is 0.272 e. The van der Waals surface area contributed by atoms with Gasteiger partial charge in [0.15, 0.2) is 0 Å². The van der Waals surface area contributed by atoms with E-state index in [1.54, 1.807) is 4.68 Å². The highest BCUT2D eigenvalue weighted by molar-refractivity contribution is 5.95. The molecule has 148 valence electrons. The molecule has 3 aliphatic heterocycles. The Hall–Kier alpha value is -2.63. The molecule has 6 heteroatoms. The van der Waals surface area contributed by atoms with E-state index >= 15 is 0 Å². The van der Waals surface area contributed by atoms with Gasteiger partial charge >= 0.3 is 0 Å². The van der Waals surface area contributed by atoms with E-state index in [-0.39, 0.29) is 17.9 Å². The number of hydrogen-bond donors (Lipinski definition) is 0. The molecule has 3 saturated heterocycles. The Labute approximate surface area is 166 Å². The van der Waals surface area contributed by atoms with Crippen LogP contribution in [0.2, 0.25) is 0 Å². The molecule has 0 N–H and O–H groups in total. The van der Waals surface area contributed by atoms with Crippen molar-refractivity contribution in [3.63, 3.8) is 0 Å². The Morgan fingerprint density at radius 3 is 2.61 bits per heavy atom. The lowest BCUT2D eigenvalue weighted by Crippen LogP contribution is -2.48. The predicted octanol–water partition coefficient (Wildman–Crippen LogP) is 2.75. The number of amides is 2. The molecule has 0 radical (unpaired) electrons. The Kier molecular flexibility index (Phi) is 5.20. The lowest BCUT2D eigenvalue weighted by Gasteiger charge is -2.36. The van der Waals surface area contributed by atoms with Gasteiger partial charge in [0.05, 0.1) is 5.69 Å². The van der Waals surface area contributed by atoms with Crippen molar-refractivity contribution < 1.29 is 9.59 Å². The average molecular weight is 380 g/mol. The Balaban J connectivity index is 1.53. The van der Waals surface area contributed by atoms with E-state index in [1.165, 1.54) is 0 Å².